The van der Waals surface area contributed by atoms with E-state index in [0.717, 1.165) is 31.5 Å². The normalized spacial score (nSPS) is 23.1. The topological polar surface area (TPSA) is 43.7 Å². The molecule has 1 aliphatic rings. The van der Waals surface area contributed by atoms with Gasteiger partial charge in [0.15, 0.2) is 0 Å². The van der Waals surface area contributed by atoms with Gasteiger partial charge in [0.2, 0.25) is 0 Å². The molecule has 1 heterocycles. The van der Waals surface area contributed by atoms with Crippen LogP contribution in [-0.4, -0.2) is 40.4 Å². The average Bonchev–Trinajstić information content (AvgIpc) is 2.40. The first-order chi connectivity index (χ1) is 9.61. The summed E-state index contributed by atoms with van der Waals surface area (Å²) in [7, 11) is 0. The zero-order chi connectivity index (χ0) is 14.4. The molecule has 0 bridgehead atoms. The molecule has 2 rings (SSSR count). The summed E-state index contributed by atoms with van der Waals surface area (Å²) in [5.41, 5.74) is 1.64. The molecule has 3 heteroatoms. The Morgan fingerprint density at radius 1 is 1.35 bits per heavy atom. The largest absolute Gasteiger partial charge is 0.395 e. The van der Waals surface area contributed by atoms with E-state index in [1.807, 2.05) is 25.1 Å². The van der Waals surface area contributed by atoms with E-state index in [2.05, 4.69) is 22.8 Å². The highest BCUT2D eigenvalue weighted by molar-refractivity contribution is 5.41. The molecule has 0 aromatic heterocycles. The average molecular weight is 273 g/mol. The molecule has 1 aromatic carbocycles. The molecule has 108 valence electrons. The molecule has 1 aliphatic heterocycles. The predicted octanol–water partition coefficient (Wildman–Crippen LogP) is 1.77. The van der Waals surface area contributed by atoms with Gasteiger partial charge < -0.3 is 10.2 Å². The Morgan fingerprint density at radius 2 is 2.15 bits per heavy atom. The molecule has 3 nitrogen and oxygen atoms in total. The van der Waals surface area contributed by atoms with Gasteiger partial charge >= 0.3 is 0 Å². The third-order valence-corrected chi connectivity index (χ3v) is 3.63. The van der Waals surface area contributed by atoms with Gasteiger partial charge in [0.25, 0.3) is 0 Å². The van der Waals surface area contributed by atoms with E-state index < -0.39 is 5.60 Å². The lowest BCUT2D eigenvalue weighted by atomic mass is 9.94. The zero-order valence-electron chi connectivity index (χ0n) is 12.1. The lowest BCUT2D eigenvalue weighted by Gasteiger charge is -2.37. The lowest BCUT2D eigenvalue weighted by molar-refractivity contribution is -0.0181. The maximum absolute atomic E-state index is 10.2. The smallest absolute Gasteiger partial charge is 0.0746 e. The Hall–Kier alpha value is -1.34. The predicted molar refractivity (Wildman–Crippen MR) is 80.2 cm³/mol. The minimum Gasteiger partial charge on any atom is -0.395 e. The van der Waals surface area contributed by atoms with Crippen molar-refractivity contribution in [2.24, 2.45) is 0 Å². The van der Waals surface area contributed by atoms with Gasteiger partial charge in [0.05, 0.1) is 12.2 Å². The molecule has 1 saturated heterocycles. The summed E-state index contributed by atoms with van der Waals surface area (Å²) in [6.07, 6.45) is 2.42. The molecule has 20 heavy (non-hydrogen) atoms. The SMILES string of the molecule is CC1(O)CCCN(Cc2ccccc2C#CCCO)C1. The standard InChI is InChI=1S/C17H23NO2/c1-17(20)10-6-11-18(14-17)13-16-9-3-2-7-15(16)8-4-5-12-19/h2-3,7,9,19-20H,5-6,10-14H2,1H3. The van der Waals surface area contributed by atoms with Crippen molar-refractivity contribution in [3.05, 3.63) is 35.4 Å². The number of likely N-dealkylation sites (tertiary alicyclic amines) is 1. The molecule has 0 saturated carbocycles. The first-order valence-corrected chi connectivity index (χ1v) is 7.23. The van der Waals surface area contributed by atoms with Crippen molar-refractivity contribution in [1.29, 1.82) is 0 Å². The Balaban J connectivity index is 2.08. The Bertz CT molecular complexity index is 499. The number of piperidine rings is 1. The third-order valence-electron chi connectivity index (χ3n) is 3.63. The molecule has 2 N–H and O–H groups in total. The van der Waals surface area contributed by atoms with Crippen LogP contribution in [-0.2, 0) is 6.54 Å². The highest BCUT2D eigenvalue weighted by atomic mass is 16.3. The monoisotopic (exact) mass is 273 g/mol. The summed E-state index contributed by atoms with van der Waals surface area (Å²) in [6, 6.07) is 8.11. The minimum absolute atomic E-state index is 0.101. The maximum atomic E-state index is 10.2. The maximum Gasteiger partial charge on any atom is 0.0746 e. The van der Waals surface area contributed by atoms with Crippen molar-refractivity contribution in [3.63, 3.8) is 0 Å². The third kappa shape index (κ3) is 4.35. The summed E-state index contributed by atoms with van der Waals surface area (Å²) < 4.78 is 0. The molecule has 1 fully saturated rings. The number of benzene rings is 1. The van der Waals surface area contributed by atoms with E-state index in [4.69, 9.17) is 5.11 Å². The van der Waals surface area contributed by atoms with Crippen LogP contribution >= 0.6 is 0 Å². The van der Waals surface area contributed by atoms with Crippen LogP contribution in [0.25, 0.3) is 0 Å². The van der Waals surface area contributed by atoms with Gasteiger partial charge in [-0.1, -0.05) is 30.0 Å². The molecule has 0 aliphatic carbocycles. The molecule has 0 spiro atoms. The van der Waals surface area contributed by atoms with Gasteiger partial charge in [-0.15, -0.1) is 0 Å². The van der Waals surface area contributed by atoms with E-state index in [1.54, 1.807) is 0 Å². The first-order valence-electron chi connectivity index (χ1n) is 7.23. The fourth-order valence-electron chi connectivity index (χ4n) is 2.69. The van der Waals surface area contributed by atoms with Crippen molar-refractivity contribution >= 4 is 0 Å². The summed E-state index contributed by atoms with van der Waals surface area (Å²) in [5, 5.41) is 19.0. The van der Waals surface area contributed by atoms with Gasteiger partial charge in [-0.2, -0.15) is 0 Å². The second-order valence-electron chi connectivity index (χ2n) is 5.74. The minimum atomic E-state index is -0.574. The molecular weight excluding hydrogens is 250 g/mol. The number of hydrogen-bond acceptors (Lipinski definition) is 3. The Labute approximate surface area is 121 Å². The fraction of sp³-hybridized carbons (Fsp3) is 0.529. The number of rotatable bonds is 3. The number of nitrogens with zero attached hydrogens (tertiary/aromatic N) is 1. The van der Waals surface area contributed by atoms with Crippen LogP contribution in [0.5, 0.6) is 0 Å². The van der Waals surface area contributed by atoms with Crippen LogP contribution in [0.4, 0.5) is 0 Å². The first kappa shape index (κ1) is 15.1. The second-order valence-corrected chi connectivity index (χ2v) is 5.74. The van der Waals surface area contributed by atoms with E-state index in [-0.39, 0.29) is 6.61 Å². The van der Waals surface area contributed by atoms with Crippen molar-refractivity contribution in [2.45, 2.75) is 38.3 Å². The van der Waals surface area contributed by atoms with Crippen molar-refractivity contribution < 1.29 is 10.2 Å². The fourth-order valence-corrected chi connectivity index (χ4v) is 2.69. The molecule has 1 aromatic rings. The van der Waals surface area contributed by atoms with Crippen molar-refractivity contribution in [2.75, 3.05) is 19.7 Å². The van der Waals surface area contributed by atoms with Gasteiger partial charge in [0.1, 0.15) is 0 Å². The highest BCUT2D eigenvalue weighted by Crippen LogP contribution is 2.22. The van der Waals surface area contributed by atoms with E-state index in [0.29, 0.717) is 13.0 Å². The zero-order valence-corrected chi connectivity index (χ0v) is 12.1. The van der Waals surface area contributed by atoms with Gasteiger partial charge in [-0.05, 0) is 37.9 Å². The Kier molecular flexibility index (Phi) is 5.19. The van der Waals surface area contributed by atoms with Crippen molar-refractivity contribution in [3.8, 4) is 11.8 Å². The van der Waals surface area contributed by atoms with E-state index in [9.17, 15) is 5.11 Å². The van der Waals surface area contributed by atoms with Crippen LogP contribution in [0.3, 0.4) is 0 Å². The lowest BCUT2D eigenvalue weighted by Crippen LogP contribution is -2.45. The molecule has 0 amide bonds. The van der Waals surface area contributed by atoms with Crippen LogP contribution in [0, 0.1) is 11.8 Å². The van der Waals surface area contributed by atoms with Crippen LogP contribution in [0.1, 0.15) is 37.3 Å². The highest BCUT2D eigenvalue weighted by Gasteiger charge is 2.28. The molecule has 1 unspecified atom stereocenters. The summed E-state index contributed by atoms with van der Waals surface area (Å²) in [4.78, 5) is 2.29. The van der Waals surface area contributed by atoms with Crippen LogP contribution < -0.4 is 0 Å². The van der Waals surface area contributed by atoms with E-state index in [1.165, 1.54) is 5.56 Å². The number of hydrogen-bond donors (Lipinski definition) is 2. The van der Waals surface area contributed by atoms with Crippen LogP contribution in [0.15, 0.2) is 24.3 Å². The number of aliphatic hydroxyl groups is 2. The summed E-state index contributed by atoms with van der Waals surface area (Å²) in [5.74, 6) is 6.10. The Morgan fingerprint density at radius 3 is 2.90 bits per heavy atom. The summed E-state index contributed by atoms with van der Waals surface area (Å²) >= 11 is 0. The number of β-amino-alcohol motifs (C(OH)–C–C–N with tert-alkyl or cyclic N) is 1. The molecule has 1 atom stereocenters. The molecule has 0 radical (unpaired) electrons. The quantitative estimate of drug-likeness (QED) is 0.825. The molecular formula is C17H23NO2. The van der Waals surface area contributed by atoms with E-state index >= 15 is 0 Å². The van der Waals surface area contributed by atoms with Gasteiger partial charge in [0, 0.05) is 25.1 Å². The summed E-state index contributed by atoms with van der Waals surface area (Å²) in [6.45, 7) is 4.57. The van der Waals surface area contributed by atoms with Crippen LogP contribution in [0.2, 0.25) is 0 Å². The van der Waals surface area contributed by atoms with Crippen molar-refractivity contribution in [1.82, 2.24) is 4.90 Å². The number of aliphatic hydroxyl groups excluding tert-OH is 1. The van der Waals surface area contributed by atoms with Gasteiger partial charge in [-0.25, -0.2) is 0 Å². The van der Waals surface area contributed by atoms with Gasteiger partial charge in [-0.3, -0.25) is 4.90 Å². The second kappa shape index (κ2) is 6.90.